The quantitative estimate of drug-likeness (QED) is 0.143. The molecule has 0 radical (unpaired) electrons. The molecule has 0 unspecified atom stereocenters. The van der Waals surface area contributed by atoms with E-state index in [1.54, 1.807) is 0 Å². The molecule has 0 aliphatic heterocycles. The molecule has 8 rings (SSSR count). The van der Waals surface area contributed by atoms with Gasteiger partial charge in [-0.3, -0.25) is 0 Å². The van der Waals surface area contributed by atoms with E-state index in [4.69, 9.17) is 0 Å². The van der Waals surface area contributed by atoms with Crippen LogP contribution in [0, 0.1) is 0 Å². The van der Waals surface area contributed by atoms with Crippen molar-refractivity contribution in [3.05, 3.63) is 157 Å². The van der Waals surface area contributed by atoms with Crippen LogP contribution in [0.1, 0.15) is 50.7 Å². The van der Waals surface area contributed by atoms with E-state index in [-0.39, 0.29) is 0 Å². The summed E-state index contributed by atoms with van der Waals surface area (Å²) in [5.74, 6) is 0. The minimum absolute atomic E-state index is 1.12. The van der Waals surface area contributed by atoms with E-state index in [0.29, 0.717) is 0 Å². The highest BCUT2D eigenvalue weighted by atomic mass is 14.4. The van der Waals surface area contributed by atoms with E-state index in [2.05, 4.69) is 159 Å². The Labute approximate surface area is 285 Å². The maximum absolute atomic E-state index is 2.38. The third kappa shape index (κ3) is 5.26. The van der Waals surface area contributed by atoms with Gasteiger partial charge in [-0.15, -0.1) is 0 Å². The molecule has 0 amide bonds. The van der Waals surface area contributed by atoms with Gasteiger partial charge in [0.15, 0.2) is 0 Å². The Hall–Kier alpha value is -5.20. The topological polar surface area (TPSA) is 0 Å². The minimum atomic E-state index is 1.12. The minimum Gasteiger partial charge on any atom is -0.0654 e. The van der Waals surface area contributed by atoms with E-state index < -0.39 is 0 Å². The number of unbranched alkanes of at least 4 members (excludes halogenated alkanes) is 2. The van der Waals surface area contributed by atoms with Crippen LogP contribution in [0.3, 0.4) is 0 Å². The number of fused-ring (bicyclic) bond motifs is 3. The van der Waals surface area contributed by atoms with Crippen LogP contribution in [0.25, 0.3) is 77.5 Å². The molecule has 0 saturated heterocycles. The van der Waals surface area contributed by atoms with Crippen LogP contribution in [-0.2, 0) is 12.8 Å². The Balaban J connectivity index is 1.55. The highest BCUT2D eigenvalue weighted by Crippen LogP contribution is 2.60. The lowest BCUT2D eigenvalue weighted by atomic mass is 9.76. The molecule has 0 saturated carbocycles. The molecule has 0 aromatic heterocycles. The normalized spacial score (nSPS) is 11.6. The van der Waals surface area contributed by atoms with Gasteiger partial charge in [0.2, 0.25) is 0 Å². The van der Waals surface area contributed by atoms with Gasteiger partial charge in [-0.1, -0.05) is 172 Å². The summed E-state index contributed by atoms with van der Waals surface area (Å²) in [6.07, 6.45) is 7.08. The molecular weight excluding hydrogens is 577 g/mol. The Bertz CT molecular complexity index is 2050. The summed E-state index contributed by atoms with van der Waals surface area (Å²) in [7, 11) is 0. The van der Waals surface area contributed by atoms with Crippen molar-refractivity contribution in [1.82, 2.24) is 0 Å². The Morgan fingerprint density at radius 2 is 0.708 bits per heavy atom. The number of rotatable bonds is 10. The molecule has 0 bridgehead atoms. The fraction of sp³-hybridized carbons (Fsp3) is 0.167. The molecule has 0 heterocycles. The lowest BCUT2D eigenvalue weighted by molar-refractivity contribution is 0.795. The summed E-state index contributed by atoms with van der Waals surface area (Å²) in [6, 6.07) is 54.9. The highest BCUT2D eigenvalue weighted by molar-refractivity contribution is 6.25. The van der Waals surface area contributed by atoms with E-state index in [9.17, 15) is 0 Å². The lowest BCUT2D eigenvalue weighted by Crippen LogP contribution is -2.00. The van der Waals surface area contributed by atoms with E-state index >= 15 is 0 Å². The van der Waals surface area contributed by atoms with E-state index in [1.807, 2.05) is 0 Å². The van der Waals surface area contributed by atoms with Crippen molar-refractivity contribution in [1.29, 1.82) is 0 Å². The molecule has 234 valence electrons. The molecule has 0 spiro atoms. The zero-order valence-electron chi connectivity index (χ0n) is 28.1. The average Bonchev–Trinajstić information content (AvgIpc) is 3.49. The van der Waals surface area contributed by atoms with Crippen molar-refractivity contribution < 1.29 is 0 Å². The van der Waals surface area contributed by atoms with Gasteiger partial charge >= 0.3 is 0 Å². The van der Waals surface area contributed by atoms with Crippen LogP contribution in [0.4, 0.5) is 0 Å². The fourth-order valence-electron chi connectivity index (χ4n) is 7.85. The second kappa shape index (κ2) is 13.1. The Kier molecular flexibility index (Phi) is 8.25. The first kappa shape index (κ1) is 30.2. The number of aryl methyl sites for hydroxylation is 2. The largest absolute Gasteiger partial charge is 0.0654 e. The van der Waals surface area contributed by atoms with Gasteiger partial charge in [0, 0.05) is 0 Å². The zero-order valence-corrected chi connectivity index (χ0v) is 28.1. The molecule has 7 aromatic carbocycles. The summed E-state index contributed by atoms with van der Waals surface area (Å²) in [5.41, 5.74) is 18.5. The van der Waals surface area contributed by atoms with Crippen LogP contribution in [-0.4, -0.2) is 0 Å². The molecule has 0 N–H and O–H groups in total. The highest BCUT2D eigenvalue weighted by Gasteiger charge is 2.33. The third-order valence-electron chi connectivity index (χ3n) is 10.2. The van der Waals surface area contributed by atoms with Crippen molar-refractivity contribution in [2.24, 2.45) is 0 Å². The first-order valence-corrected chi connectivity index (χ1v) is 17.8. The maximum atomic E-state index is 2.38. The van der Waals surface area contributed by atoms with Gasteiger partial charge in [0.25, 0.3) is 0 Å². The smallest absolute Gasteiger partial charge is 0.000719 e. The van der Waals surface area contributed by atoms with Crippen molar-refractivity contribution in [3.63, 3.8) is 0 Å². The molecule has 1 aliphatic carbocycles. The summed E-state index contributed by atoms with van der Waals surface area (Å²) >= 11 is 0. The fourth-order valence-corrected chi connectivity index (χ4v) is 7.85. The standard InChI is InChI=1S/C48H42/c1-3-5-15-33-25-29-38(30-26-33)45-43(36-17-9-7-10-18-36)44(37-19-11-8-12-20-37)46(39-31-27-34(28-32-39)16-6-4-2)48-41-24-14-22-35-21-13-23-40(42(35)41)47(45)48/h7-14,17-32H,3-6,15-16H2,1-2H3. The summed E-state index contributed by atoms with van der Waals surface area (Å²) in [6.45, 7) is 4.54. The van der Waals surface area contributed by atoms with Crippen LogP contribution in [0.2, 0.25) is 0 Å². The Morgan fingerprint density at radius 1 is 0.333 bits per heavy atom. The van der Waals surface area contributed by atoms with Gasteiger partial charge in [-0.05, 0) is 114 Å². The van der Waals surface area contributed by atoms with Gasteiger partial charge in [-0.25, -0.2) is 0 Å². The van der Waals surface area contributed by atoms with Gasteiger partial charge in [0.1, 0.15) is 0 Å². The number of hydrogen-bond donors (Lipinski definition) is 0. The van der Waals surface area contributed by atoms with Crippen molar-refractivity contribution >= 4 is 10.8 Å². The molecule has 0 atom stereocenters. The SMILES string of the molecule is CCCCc1ccc(-c2c(-c3ccccc3)c(-c3ccccc3)c(-c3ccc(CCCC)cc3)c3c2-c2cccc4cccc-3c24)cc1. The monoisotopic (exact) mass is 618 g/mol. The Morgan fingerprint density at radius 3 is 1.10 bits per heavy atom. The molecule has 7 aromatic rings. The van der Waals surface area contributed by atoms with Crippen LogP contribution >= 0.6 is 0 Å². The van der Waals surface area contributed by atoms with Crippen LogP contribution < -0.4 is 0 Å². The molecule has 1 aliphatic rings. The van der Waals surface area contributed by atoms with Crippen LogP contribution in [0.15, 0.2) is 146 Å². The summed E-state index contributed by atoms with van der Waals surface area (Å²) in [4.78, 5) is 0. The first-order valence-electron chi connectivity index (χ1n) is 17.8. The van der Waals surface area contributed by atoms with Crippen molar-refractivity contribution in [3.8, 4) is 66.8 Å². The van der Waals surface area contributed by atoms with E-state index in [0.717, 1.165) is 12.8 Å². The van der Waals surface area contributed by atoms with E-state index in [1.165, 1.54) is 114 Å². The zero-order chi connectivity index (χ0) is 32.5. The molecule has 0 fully saturated rings. The number of hydrogen-bond acceptors (Lipinski definition) is 0. The van der Waals surface area contributed by atoms with Crippen molar-refractivity contribution in [2.75, 3.05) is 0 Å². The van der Waals surface area contributed by atoms with Crippen LogP contribution in [0.5, 0.6) is 0 Å². The predicted molar refractivity (Wildman–Crippen MR) is 207 cm³/mol. The average molecular weight is 619 g/mol. The summed E-state index contributed by atoms with van der Waals surface area (Å²) in [5, 5.41) is 2.66. The van der Waals surface area contributed by atoms with Crippen molar-refractivity contribution in [2.45, 2.75) is 52.4 Å². The third-order valence-corrected chi connectivity index (χ3v) is 10.2. The first-order chi connectivity index (χ1) is 23.8. The lowest BCUT2D eigenvalue weighted by Gasteiger charge is -2.26. The maximum Gasteiger partial charge on any atom is -0.000719 e. The summed E-state index contributed by atoms with van der Waals surface area (Å²) < 4.78 is 0. The van der Waals surface area contributed by atoms with Gasteiger partial charge in [0.05, 0.1) is 0 Å². The predicted octanol–water partition coefficient (Wildman–Crippen LogP) is 13.8. The molecule has 0 heteroatoms. The second-order valence-electron chi connectivity index (χ2n) is 13.3. The molecule has 48 heavy (non-hydrogen) atoms. The second-order valence-corrected chi connectivity index (χ2v) is 13.3. The number of benzene rings is 7. The molecule has 0 nitrogen and oxygen atoms in total. The van der Waals surface area contributed by atoms with Gasteiger partial charge < -0.3 is 0 Å². The molecular formula is C48H42. The van der Waals surface area contributed by atoms with Gasteiger partial charge in [-0.2, -0.15) is 0 Å².